The predicted octanol–water partition coefficient (Wildman–Crippen LogP) is 0.666. The number of quaternary nitrogens is 1. The molecule has 2 amide bonds. The molecule has 0 bridgehead atoms. The third-order valence-corrected chi connectivity index (χ3v) is 3.84. The SMILES string of the molecule is Cc1cccc(NC(=O)CNC(=O)C[NH+](C)Cc2ccco2)c1C. The topological polar surface area (TPSA) is 75.8 Å². The number of aryl methyl sites for hydroxylation is 1. The Labute approximate surface area is 141 Å². The first-order chi connectivity index (χ1) is 11.5. The van der Waals surface area contributed by atoms with Gasteiger partial charge in [0.1, 0.15) is 6.54 Å². The van der Waals surface area contributed by atoms with Crippen molar-refractivity contribution >= 4 is 17.5 Å². The van der Waals surface area contributed by atoms with Crippen LogP contribution in [0, 0.1) is 13.8 Å². The highest BCUT2D eigenvalue weighted by Crippen LogP contribution is 2.17. The van der Waals surface area contributed by atoms with Crippen molar-refractivity contribution in [3.05, 3.63) is 53.5 Å². The summed E-state index contributed by atoms with van der Waals surface area (Å²) in [6.45, 7) is 4.80. The van der Waals surface area contributed by atoms with Gasteiger partial charge in [0.15, 0.2) is 12.3 Å². The molecule has 0 spiro atoms. The van der Waals surface area contributed by atoms with E-state index in [1.165, 1.54) is 0 Å². The lowest BCUT2D eigenvalue weighted by molar-refractivity contribution is -0.886. The number of benzene rings is 1. The Hall–Kier alpha value is -2.60. The molecule has 0 saturated heterocycles. The lowest BCUT2D eigenvalue weighted by Gasteiger charge is -2.13. The molecule has 24 heavy (non-hydrogen) atoms. The van der Waals surface area contributed by atoms with E-state index in [-0.39, 0.29) is 24.9 Å². The van der Waals surface area contributed by atoms with Crippen molar-refractivity contribution in [2.75, 3.05) is 25.5 Å². The zero-order valence-corrected chi connectivity index (χ0v) is 14.3. The van der Waals surface area contributed by atoms with E-state index < -0.39 is 0 Å². The van der Waals surface area contributed by atoms with Gasteiger partial charge in [-0.15, -0.1) is 0 Å². The van der Waals surface area contributed by atoms with E-state index in [0.29, 0.717) is 6.54 Å². The molecule has 6 nitrogen and oxygen atoms in total. The average Bonchev–Trinajstić information content (AvgIpc) is 3.02. The smallest absolute Gasteiger partial charge is 0.275 e. The molecule has 1 unspecified atom stereocenters. The lowest BCUT2D eigenvalue weighted by Crippen LogP contribution is -3.08. The van der Waals surface area contributed by atoms with Crippen LogP contribution in [0.25, 0.3) is 0 Å². The third kappa shape index (κ3) is 5.24. The highest BCUT2D eigenvalue weighted by atomic mass is 16.3. The van der Waals surface area contributed by atoms with Gasteiger partial charge >= 0.3 is 0 Å². The van der Waals surface area contributed by atoms with Crippen LogP contribution in [0.2, 0.25) is 0 Å². The number of furan rings is 1. The van der Waals surface area contributed by atoms with Gasteiger partial charge in [-0.05, 0) is 43.2 Å². The monoisotopic (exact) mass is 330 g/mol. The molecule has 0 saturated carbocycles. The van der Waals surface area contributed by atoms with Crippen molar-refractivity contribution in [1.82, 2.24) is 5.32 Å². The predicted molar refractivity (Wildman–Crippen MR) is 91.7 cm³/mol. The van der Waals surface area contributed by atoms with Crippen molar-refractivity contribution in [2.24, 2.45) is 0 Å². The second-order valence-corrected chi connectivity index (χ2v) is 5.96. The van der Waals surface area contributed by atoms with Crippen molar-refractivity contribution in [3.63, 3.8) is 0 Å². The molecule has 2 aromatic rings. The molecule has 1 heterocycles. The molecule has 1 aromatic carbocycles. The summed E-state index contributed by atoms with van der Waals surface area (Å²) in [6.07, 6.45) is 1.61. The number of hydrogen-bond acceptors (Lipinski definition) is 3. The number of hydrogen-bond donors (Lipinski definition) is 3. The van der Waals surface area contributed by atoms with E-state index in [1.54, 1.807) is 6.26 Å². The second-order valence-electron chi connectivity index (χ2n) is 5.96. The van der Waals surface area contributed by atoms with Crippen molar-refractivity contribution in [3.8, 4) is 0 Å². The van der Waals surface area contributed by atoms with Crippen LogP contribution >= 0.6 is 0 Å². The van der Waals surface area contributed by atoms with Gasteiger partial charge in [-0.2, -0.15) is 0 Å². The molecule has 128 valence electrons. The summed E-state index contributed by atoms with van der Waals surface area (Å²) in [5.74, 6) is 0.420. The molecule has 1 atom stereocenters. The van der Waals surface area contributed by atoms with Gasteiger partial charge in [-0.1, -0.05) is 12.1 Å². The van der Waals surface area contributed by atoms with Crippen LogP contribution in [-0.4, -0.2) is 32.0 Å². The fourth-order valence-electron chi connectivity index (χ4n) is 2.37. The number of amides is 2. The molecular weight excluding hydrogens is 306 g/mol. The summed E-state index contributed by atoms with van der Waals surface area (Å²) < 4.78 is 5.25. The standard InChI is InChI=1S/C18H23N3O3/c1-13-6-4-8-16(14(13)2)20-17(22)10-19-18(23)12-21(3)11-15-7-5-9-24-15/h4-9H,10-12H2,1-3H3,(H,19,23)(H,20,22)/p+1. The molecule has 0 radical (unpaired) electrons. The molecule has 0 aliphatic heterocycles. The van der Waals surface area contributed by atoms with Gasteiger partial charge in [0.25, 0.3) is 5.91 Å². The van der Waals surface area contributed by atoms with E-state index in [2.05, 4.69) is 10.6 Å². The summed E-state index contributed by atoms with van der Waals surface area (Å²) in [4.78, 5) is 24.9. The fraction of sp³-hybridized carbons (Fsp3) is 0.333. The normalized spacial score (nSPS) is 11.8. The molecule has 6 heteroatoms. The Balaban J connectivity index is 1.74. The number of carbonyl (C=O) groups is 2. The molecule has 0 aliphatic carbocycles. The summed E-state index contributed by atoms with van der Waals surface area (Å²) >= 11 is 0. The van der Waals surface area contributed by atoms with Crippen LogP contribution < -0.4 is 15.5 Å². The van der Waals surface area contributed by atoms with Gasteiger partial charge in [0, 0.05) is 5.69 Å². The number of anilines is 1. The van der Waals surface area contributed by atoms with Gasteiger partial charge in [0.05, 0.1) is 19.9 Å². The van der Waals surface area contributed by atoms with Gasteiger partial charge in [0.2, 0.25) is 5.91 Å². The van der Waals surface area contributed by atoms with Crippen LogP contribution in [0.1, 0.15) is 16.9 Å². The summed E-state index contributed by atoms with van der Waals surface area (Å²) in [7, 11) is 1.90. The van der Waals surface area contributed by atoms with Crippen molar-refractivity contribution in [1.29, 1.82) is 0 Å². The second kappa shape index (κ2) is 8.31. The summed E-state index contributed by atoms with van der Waals surface area (Å²) in [5, 5.41) is 5.47. The van der Waals surface area contributed by atoms with Crippen LogP contribution in [-0.2, 0) is 16.1 Å². The number of carbonyl (C=O) groups excluding carboxylic acids is 2. The Morgan fingerprint density at radius 3 is 2.62 bits per heavy atom. The maximum atomic E-state index is 12.0. The molecule has 0 aliphatic rings. The van der Waals surface area contributed by atoms with Crippen LogP contribution in [0.3, 0.4) is 0 Å². The molecule has 3 N–H and O–H groups in total. The van der Waals surface area contributed by atoms with Crippen LogP contribution in [0.15, 0.2) is 41.0 Å². The van der Waals surface area contributed by atoms with Crippen molar-refractivity contribution < 1.29 is 18.9 Å². The number of likely N-dealkylation sites (N-methyl/N-ethyl adjacent to an activating group) is 1. The van der Waals surface area contributed by atoms with E-state index in [1.807, 2.05) is 51.2 Å². The maximum Gasteiger partial charge on any atom is 0.275 e. The first-order valence-electron chi connectivity index (χ1n) is 7.92. The van der Waals surface area contributed by atoms with Gasteiger partial charge in [-0.3, -0.25) is 9.59 Å². The number of nitrogens with one attached hydrogen (secondary N) is 3. The first-order valence-corrected chi connectivity index (χ1v) is 7.92. The summed E-state index contributed by atoms with van der Waals surface area (Å²) in [5.41, 5.74) is 2.91. The molecule has 0 fully saturated rings. The lowest BCUT2D eigenvalue weighted by atomic mass is 10.1. The van der Waals surface area contributed by atoms with E-state index in [0.717, 1.165) is 27.5 Å². The Kier molecular flexibility index (Phi) is 6.14. The largest absolute Gasteiger partial charge is 0.463 e. The van der Waals surface area contributed by atoms with E-state index >= 15 is 0 Å². The fourth-order valence-corrected chi connectivity index (χ4v) is 2.37. The highest BCUT2D eigenvalue weighted by Gasteiger charge is 2.13. The van der Waals surface area contributed by atoms with Crippen LogP contribution in [0.4, 0.5) is 5.69 Å². The first kappa shape index (κ1) is 17.7. The molecule has 2 rings (SSSR count). The highest BCUT2D eigenvalue weighted by molar-refractivity contribution is 5.95. The maximum absolute atomic E-state index is 12.0. The Bertz CT molecular complexity index is 696. The average molecular weight is 330 g/mol. The molecular formula is C18H24N3O3+. The number of rotatable bonds is 7. The van der Waals surface area contributed by atoms with Crippen molar-refractivity contribution in [2.45, 2.75) is 20.4 Å². The minimum atomic E-state index is -0.235. The zero-order valence-electron chi connectivity index (χ0n) is 14.3. The Morgan fingerprint density at radius 1 is 1.12 bits per heavy atom. The van der Waals surface area contributed by atoms with Gasteiger partial charge < -0.3 is 20.0 Å². The van der Waals surface area contributed by atoms with Crippen LogP contribution in [0.5, 0.6) is 0 Å². The zero-order chi connectivity index (χ0) is 17.5. The minimum Gasteiger partial charge on any atom is -0.463 e. The van der Waals surface area contributed by atoms with Gasteiger partial charge in [-0.25, -0.2) is 0 Å². The minimum absolute atomic E-state index is 0.0414. The summed E-state index contributed by atoms with van der Waals surface area (Å²) in [6, 6.07) is 9.43. The van der Waals surface area contributed by atoms with E-state index in [4.69, 9.17) is 4.42 Å². The quantitative estimate of drug-likeness (QED) is 0.698. The Morgan fingerprint density at radius 2 is 1.92 bits per heavy atom. The third-order valence-electron chi connectivity index (χ3n) is 3.84. The molecule has 1 aromatic heterocycles. The van der Waals surface area contributed by atoms with E-state index in [9.17, 15) is 9.59 Å².